The number of thioether (sulfide) groups is 1. The van der Waals surface area contributed by atoms with Gasteiger partial charge in [-0.15, -0.1) is 0 Å². The molecule has 3 N–H and O–H groups in total. The Bertz CT molecular complexity index is 426. The Balaban J connectivity index is 2.74. The van der Waals surface area contributed by atoms with Gasteiger partial charge in [0.25, 0.3) is 0 Å². The van der Waals surface area contributed by atoms with Crippen molar-refractivity contribution >= 4 is 29.0 Å². The van der Waals surface area contributed by atoms with Crippen LogP contribution in [0.5, 0.6) is 0 Å². The van der Waals surface area contributed by atoms with Gasteiger partial charge in [0.05, 0.1) is 11.3 Å². The Morgan fingerprint density at radius 2 is 2.38 bits per heavy atom. The molecule has 0 saturated carbocycles. The van der Waals surface area contributed by atoms with Gasteiger partial charge in [0.2, 0.25) is 5.91 Å². The number of rotatable bonds is 4. The van der Waals surface area contributed by atoms with Crippen molar-refractivity contribution in [3.63, 3.8) is 0 Å². The highest BCUT2D eigenvalue weighted by Crippen LogP contribution is 2.18. The van der Waals surface area contributed by atoms with Crippen molar-refractivity contribution in [2.75, 3.05) is 23.1 Å². The van der Waals surface area contributed by atoms with E-state index in [1.807, 2.05) is 12.3 Å². The van der Waals surface area contributed by atoms with Crippen molar-refractivity contribution < 1.29 is 4.79 Å². The van der Waals surface area contributed by atoms with E-state index in [-0.39, 0.29) is 5.91 Å². The summed E-state index contributed by atoms with van der Waals surface area (Å²) in [5.74, 6) is 0.679. The van der Waals surface area contributed by atoms with Crippen molar-refractivity contribution in [1.29, 1.82) is 5.26 Å². The topological polar surface area (TPSA) is 78.9 Å². The van der Waals surface area contributed by atoms with Crippen LogP contribution in [0.2, 0.25) is 0 Å². The highest BCUT2D eigenvalue weighted by molar-refractivity contribution is 7.98. The first kappa shape index (κ1) is 12.4. The largest absolute Gasteiger partial charge is 0.399 e. The highest BCUT2D eigenvalue weighted by Gasteiger charge is 2.06. The molecule has 0 saturated heterocycles. The molecule has 0 unspecified atom stereocenters. The number of hydrogen-bond acceptors (Lipinski definition) is 4. The molecule has 1 aromatic rings. The zero-order valence-electron chi connectivity index (χ0n) is 8.99. The summed E-state index contributed by atoms with van der Waals surface area (Å²) < 4.78 is 0. The van der Waals surface area contributed by atoms with Crippen LogP contribution in [0.4, 0.5) is 11.4 Å². The number of nitrogens with two attached hydrogens (primary N) is 1. The first-order chi connectivity index (χ1) is 7.67. The van der Waals surface area contributed by atoms with Gasteiger partial charge >= 0.3 is 0 Å². The van der Waals surface area contributed by atoms with E-state index in [1.165, 1.54) is 0 Å². The summed E-state index contributed by atoms with van der Waals surface area (Å²) in [7, 11) is 0. The average molecular weight is 235 g/mol. The maximum absolute atomic E-state index is 11.5. The molecule has 0 radical (unpaired) electrons. The number of nitrogens with zero attached hydrogens (tertiary/aromatic N) is 1. The lowest BCUT2D eigenvalue weighted by Gasteiger charge is -2.06. The first-order valence-electron chi connectivity index (χ1n) is 4.75. The van der Waals surface area contributed by atoms with Crippen LogP contribution in [0.15, 0.2) is 18.2 Å². The van der Waals surface area contributed by atoms with Crippen LogP contribution >= 0.6 is 11.8 Å². The van der Waals surface area contributed by atoms with E-state index in [2.05, 4.69) is 5.32 Å². The molecule has 0 spiro atoms. The van der Waals surface area contributed by atoms with E-state index < -0.39 is 0 Å². The molecule has 0 atom stereocenters. The predicted octanol–water partition coefficient (Wildman–Crippen LogP) is 1.83. The van der Waals surface area contributed by atoms with Crippen LogP contribution in [-0.4, -0.2) is 17.9 Å². The summed E-state index contributed by atoms with van der Waals surface area (Å²) in [6.07, 6.45) is 2.38. The molecule has 5 heteroatoms. The number of nitriles is 1. The maximum atomic E-state index is 11.5. The van der Waals surface area contributed by atoms with E-state index >= 15 is 0 Å². The number of anilines is 2. The zero-order valence-corrected chi connectivity index (χ0v) is 9.80. The van der Waals surface area contributed by atoms with Crippen molar-refractivity contribution in [3.05, 3.63) is 23.8 Å². The predicted molar refractivity (Wildman–Crippen MR) is 67.2 cm³/mol. The Kier molecular flexibility index (Phi) is 4.67. The molecule has 1 aromatic carbocycles. The second kappa shape index (κ2) is 6.03. The smallest absolute Gasteiger partial charge is 0.225 e. The van der Waals surface area contributed by atoms with Crippen LogP contribution in [0, 0.1) is 11.3 Å². The highest BCUT2D eigenvalue weighted by atomic mass is 32.2. The van der Waals surface area contributed by atoms with Crippen LogP contribution in [0.3, 0.4) is 0 Å². The third-order valence-corrected chi connectivity index (χ3v) is 2.58. The molecular weight excluding hydrogens is 222 g/mol. The van der Waals surface area contributed by atoms with Gasteiger partial charge in [-0.05, 0) is 24.5 Å². The minimum absolute atomic E-state index is 0.0874. The van der Waals surface area contributed by atoms with Gasteiger partial charge in [-0.1, -0.05) is 0 Å². The monoisotopic (exact) mass is 235 g/mol. The molecule has 0 aliphatic carbocycles. The average Bonchev–Trinajstić information content (AvgIpc) is 2.28. The van der Waals surface area contributed by atoms with Crippen LogP contribution in [-0.2, 0) is 4.79 Å². The van der Waals surface area contributed by atoms with Crippen molar-refractivity contribution in [2.45, 2.75) is 6.42 Å². The Morgan fingerprint density at radius 1 is 1.62 bits per heavy atom. The summed E-state index contributed by atoms with van der Waals surface area (Å²) in [6, 6.07) is 6.85. The zero-order chi connectivity index (χ0) is 12.0. The van der Waals surface area contributed by atoms with Crippen molar-refractivity contribution in [3.8, 4) is 6.07 Å². The number of benzene rings is 1. The van der Waals surface area contributed by atoms with Crippen molar-refractivity contribution in [2.24, 2.45) is 0 Å². The number of nitrogen functional groups attached to an aromatic ring is 1. The summed E-state index contributed by atoms with van der Waals surface area (Å²) in [5.41, 5.74) is 6.96. The number of carbonyl (C=O) groups is 1. The molecule has 0 bridgehead atoms. The maximum Gasteiger partial charge on any atom is 0.225 e. The molecule has 1 rings (SSSR count). The van der Waals surface area contributed by atoms with Gasteiger partial charge < -0.3 is 11.1 Å². The molecule has 0 fully saturated rings. The standard InChI is InChI=1S/C11H13N3OS/c1-16-5-4-11(15)14-10-3-2-9(13)6-8(10)7-12/h2-3,6H,4-5,13H2,1H3,(H,14,15). The normalized spacial score (nSPS) is 9.50. The van der Waals surface area contributed by atoms with Crippen LogP contribution in [0.25, 0.3) is 0 Å². The number of carbonyl (C=O) groups excluding carboxylic acids is 1. The van der Waals surface area contributed by atoms with Gasteiger partial charge in [-0.25, -0.2) is 0 Å². The van der Waals surface area contributed by atoms with Gasteiger partial charge in [0.15, 0.2) is 0 Å². The van der Waals surface area contributed by atoms with E-state index in [0.717, 1.165) is 5.75 Å². The minimum atomic E-state index is -0.0874. The Labute approximate surface area is 98.8 Å². The fraction of sp³-hybridized carbons (Fsp3) is 0.273. The molecule has 16 heavy (non-hydrogen) atoms. The van der Waals surface area contributed by atoms with Gasteiger partial charge in [-0.3, -0.25) is 4.79 Å². The second-order valence-corrected chi connectivity index (χ2v) is 4.19. The van der Waals surface area contributed by atoms with Crippen LogP contribution < -0.4 is 11.1 Å². The molecular formula is C11H13N3OS. The molecule has 0 aliphatic rings. The number of amides is 1. The molecule has 84 valence electrons. The molecule has 0 aromatic heterocycles. The summed E-state index contributed by atoms with van der Waals surface area (Å²) in [4.78, 5) is 11.5. The SMILES string of the molecule is CSCCC(=O)Nc1ccc(N)cc1C#N. The fourth-order valence-corrected chi connectivity index (χ4v) is 1.56. The van der Waals surface area contributed by atoms with Gasteiger partial charge in [0.1, 0.15) is 6.07 Å². The molecule has 1 amide bonds. The third-order valence-electron chi connectivity index (χ3n) is 1.97. The lowest BCUT2D eigenvalue weighted by atomic mass is 10.1. The summed E-state index contributed by atoms with van der Waals surface area (Å²) in [6.45, 7) is 0. The lowest BCUT2D eigenvalue weighted by Crippen LogP contribution is -2.13. The minimum Gasteiger partial charge on any atom is -0.399 e. The van der Waals surface area contributed by atoms with Gasteiger partial charge in [-0.2, -0.15) is 17.0 Å². The number of nitrogens with one attached hydrogen (secondary N) is 1. The quantitative estimate of drug-likeness (QED) is 0.780. The van der Waals surface area contributed by atoms with Crippen molar-refractivity contribution in [1.82, 2.24) is 0 Å². The summed E-state index contributed by atoms with van der Waals surface area (Å²) >= 11 is 1.61. The third kappa shape index (κ3) is 3.48. The second-order valence-electron chi connectivity index (χ2n) is 3.21. The first-order valence-corrected chi connectivity index (χ1v) is 6.15. The van der Waals surface area contributed by atoms with Crippen LogP contribution in [0.1, 0.15) is 12.0 Å². The molecule has 0 heterocycles. The Morgan fingerprint density at radius 3 is 3.00 bits per heavy atom. The summed E-state index contributed by atoms with van der Waals surface area (Å²) in [5, 5.41) is 11.6. The van der Waals surface area contributed by atoms with E-state index in [4.69, 9.17) is 11.0 Å². The lowest BCUT2D eigenvalue weighted by molar-refractivity contribution is -0.115. The van der Waals surface area contributed by atoms with Gasteiger partial charge in [0, 0.05) is 17.9 Å². The molecule has 0 aliphatic heterocycles. The van der Waals surface area contributed by atoms with E-state index in [9.17, 15) is 4.79 Å². The molecule has 4 nitrogen and oxygen atoms in total. The van der Waals surface area contributed by atoms with E-state index in [0.29, 0.717) is 23.4 Å². The fourth-order valence-electron chi connectivity index (χ4n) is 1.17. The van der Waals surface area contributed by atoms with E-state index in [1.54, 1.807) is 30.0 Å². The Hall–Kier alpha value is -1.67. The number of hydrogen-bond donors (Lipinski definition) is 2.